The van der Waals surface area contributed by atoms with Gasteiger partial charge < -0.3 is 10.0 Å². The van der Waals surface area contributed by atoms with Crippen LogP contribution in [0.1, 0.15) is 26.7 Å². The first-order valence-electron chi connectivity index (χ1n) is 4.51. The monoisotopic (exact) mass is 187 g/mol. The smallest absolute Gasteiger partial charge is 0.330 e. The molecule has 0 aromatic rings. The lowest BCUT2D eigenvalue weighted by molar-refractivity contribution is -0.132. The van der Waals surface area contributed by atoms with E-state index < -0.39 is 5.97 Å². The molecule has 0 rings (SSSR count). The lowest BCUT2D eigenvalue weighted by Crippen LogP contribution is -2.08. The quantitative estimate of drug-likeness (QED) is 0.684. The third-order valence-corrected chi connectivity index (χ3v) is 1.49. The summed E-state index contributed by atoms with van der Waals surface area (Å²) in [6.07, 6.45) is 1.44. The Morgan fingerprint density at radius 3 is 1.85 bits per heavy atom. The van der Waals surface area contributed by atoms with Crippen molar-refractivity contribution < 1.29 is 9.90 Å². The molecule has 0 saturated heterocycles. The summed E-state index contributed by atoms with van der Waals surface area (Å²) in [4.78, 5) is 12.1. The number of carbonyl (C=O) groups is 1. The van der Waals surface area contributed by atoms with E-state index >= 15 is 0 Å². The fourth-order valence-electron chi connectivity index (χ4n) is 0.409. The molecule has 0 amide bonds. The minimum absolute atomic E-state index is 0.299. The molecule has 0 heterocycles. The molecule has 78 valence electrons. The molecule has 0 aromatic carbocycles. The molecule has 0 spiro atoms. The van der Waals surface area contributed by atoms with Crippen LogP contribution in [0.4, 0.5) is 0 Å². The van der Waals surface area contributed by atoms with Gasteiger partial charge in [-0.15, -0.1) is 0 Å². The van der Waals surface area contributed by atoms with Crippen LogP contribution in [0.15, 0.2) is 12.2 Å². The molecular weight excluding hydrogens is 166 g/mol. The predicted octanol–water partition coefficient (Wildman–Crippen LogP) is 2.00. The molecule has 3 heteroatoms. The largest absolute Gasteiger partial charge is 0.478 e. The zero-order valence-corrected chi connectivity index (χ0v) is 9.13. The van der Waals surface area contributed by atoms with Gasteiger partial charge in [-0.3, -0.25) is 0 Å². The Bertz CT molecular complexity index is 153. The molecule has 0 aliphatic heterocycles. The Kier molecular flexibility index (Phi) is 10.5. The van der Waals surface area contributed by atoms with E-state index in [-0.39, 0.29) is 0 Å². The predicted molar refractivity (Wildman–Crippen MR) is 55.9 cm³/mol. The van der Waals surface area contributed by atoms with Crippen molar-refractivity contribution in [3.8, 4) is 0 Å². The van der Waals surface area contributed by atoms with Crippen LogP contribution in [-0.2, 0) is 4.79 Å². The Hall–Kier alpha value is -0.830. The lowest BCUT2D eigenvalue weighted by Gasteiger charge is -2.00. The maximum Gasteiger partial charge on any atom is 0.330 e. The fourth-order valence-corrected chi connectivity index (χ4v) is 0.409. The van der Waals surface area contributed by atoms with Gasteiger partial charge in [0.05, 0.1) is 0 Å². The maximum atomic E-state index is 9.99. The Labute approximate surface area is 81.1 Å². The summed E-state index contributed by atoms with van der Waals surface area (Å²) in [5, 5.41) is 8.21. The molecule has 0 aliphatic carbocycles. The van der Waals surface area contributed by atoms with E-state index in [1.165, 1.54) is 0 Å². The molecule has 0 saturated carbocycles. The van der Waals surface area contributed by atoms with Crippen LogP contribution in [0.3, 0.4) is 0 Å². The minimum Gasteiger partial charge on any atom is -0.478 e. The summed E-state index contributed by atoms with van der Waals surface area (Å²) in [6.45, 7) is 8.53. The summed E-state index contributed by atoms with van der Waals surface area (Å²) >= 11 is 0. The first-order valence-corrected chi connectivity index (χ1v) is 4.51. The second-order valence-electron chi connectivity index (χ2n) is 3.05. The van der Waals surface area contributed by atoms with Crippen molar-refractivity contribution in [1.82, 2.24) is 4.90 Å². The summed E-state index contributed by atoms with van der Waals surface area (Å²) in [6, 6.07) is 0. The van der Waals surface area contributed by atoms with Gasteiger partial charge in [-0.1, -0.05) is 26.8 Å². The van der Waals surface area contributed by atoms with Gasteiger partial charge in [0.1, 0.15) is 0 Å². The second kappa shape index (κ2) is 9.26. The van der Waals surface area contributed by atoms with Gasteiger partial charge >= 0.3 is 5.97 Å². The van der Waals surface area contributed by atoms with E-state index in [1.807, 2.05) is 6.92 Å². The van der Waals surface area contributed by atoms with Crippen LogP contribution in [0.5, 0.6) is 0 Å². The van der Waals surface area contributed by atoms with Crippen molar-refractivity contribution in [3.63, 3.8) is 0 Å². The molecule has 3 nitrogen and oxygen atoms in total. The molecule has 0 unspecified atom stereocenters. The van der Waals surface area contributed by atoms with Gasteiger partial charge in [0.15, 0.2) is 0 Å². The molecule has 13 heavy (non-hydrogen) atoms. The number of carboxylic acids is 1. The highest BCUT2D eigenvalue weighted by molar-refractivity contribution is 5.85. The zero-order chi connectivity index (χ0) is 10.9. The summed E-state index contributed by atoms with van der Waals surface area (Å²) in [5.41, 5.74) is 0.299. The molecule has 0 atom stereocenters. The van der Waals surface area contributed by atoms with E-state index in [0.717, 1.165) is 13.0 Å². The first-order chi connectivity index (χ1) is 5.95. The number of carboxylic acid groups (broad SMARTS) is 1. The Balaban J connectivity index is 0. The van der Waals surface area contributed by atoms with Gasteiger partial charge in [-0.25, -0.2) is 4.79 Å². The van der Waals surface area contributed by atoms with Crippen molar-refractivity contribution in [1.29, 1.82) is 0 Å². The van der Waals surface area contributed by atoms with Crippen LogP contribution in [0.2, 0.25) is 0 Å². The van der Waals surface area contributed by atoms with Crippen molar-refractivity contribution in [2.24, 2.45) is 0 Å². The second-order valence-corrected chi connectivity index (χ2v) is 3.05. The molecule has 1 N–H and O–H groups in total. The molecular formula is C10H21NO2. The highest BCUT2D eigenvalue weighted by atomic mass is 16.4. The van der Waals surface area contributed by atoms with E-state index in [1.54, 1.807) is 0 Å². The zero-order valence-electron chi connectivity index (χ0n) is 9.13. The van der Waals surface area contributed by atoms with E-state index in [2.05, 4.69) is 32.5 Å². The van der Waals surface area contributed by atoms with Crippen LogP contribution < -0.4 is 0 Å². The number of nitrogens with zero attached hydrogens (tertiary/aromatic N) is 1. The fraction of sp³-hybridized carbons (Fsp3) is 0.700. The maximum absolute atomic E-state index is 9.99. The van der Waals surface area contributed by atoms with E-state index in [4.69, 9.17) is 5.11 Å². The number of rotatable bonds is 4. The van der Waals surface area contributed by atoms with Crippen LogP contribution in [-0.4, -0.2) is 36.6 Å². The van der Waals surface area contributed by atoms with Gasteiger partial charge in [0.2, 0.25) is 0 Å². The third-order valence-electron chi connectivity index (χ3n) is 1.49. The van der Waals surface area contributed by atoms with Gasteiger partial charge in [-0.2, -0.15) is 0 Å². The van der Waals surface area contributed by atoms with E-state index in [0.29, 0.717) is 12.0 Å². The summed E-state index contributed by atoms with van der Waals surface area (Å²) < 4.78 is 0. The average molecular weight is 187 g/mol. The summed E-state index contributed by atoms with van der Waals surface area (Å²) in [5.74, 6) is -0.883. The molecule has 0 aromatic heterocycles. The lowest BCUT2D eigenvalue weighted by atomic mass is 10.2. The summed E-state index contributed by atoms with van der Waals surface area (Å²) in [7, 11) is 4.11. The highest BCUT2D eigenvalue weighted by Crippen LogP contribution is 1.99. The van der Waals surface area contributed by atoms with Gasteiger partial charge in [0, 0.05) is 5.57 Å². The first kappa shape index (κ1) is 14.7. The molecule has 0 radical (unpaired) electrons. The SMILES string of the molecule is C=C(CCC)C(=O)O.CCN(C)C. The van der Waals surface area contributed by atoms with Crippen LogP contribution in [0, 0.1) is 0 Å². The number of hydrogen-bond acceptors (Lipinski definition) is 2. The number of hydrogen-bond donors (Lipinski definition) is 1. The van der Waals surface area contributed by atoms with Crippen LogP contribution in [0.25, 0.3) is 0 Å². The number of aliphatic carboxylic acids is 1. The normalized spacial score (nSPS) is 9.00. The van der Waals surface area contributed by atoms with Gasteiger partial charge in [0.25, 0.3) is 0 Å². The molecule has 0 aliphatic rings. The third kappa shape index (κ3) is 14.1. The van der Waals surface area contributed by atoms with Crippen molar-refractivity contribution in [2.75, 3.05) is 20.6 Å². The highest BCUT2D eigenvalue weighted by Gasteiger charge is 1.99. The van der Waals surface area contributed by atoms with Crippen LogP contribution >= 0.6 is 0 Å². The van der Waals surface area contributed by atoms with Crippen molar-refractivity contribution >= 4 is 5.97 Å². The Morgan fingerprint density at radius 1 is 1.38 bits per heavy atom. The standard InChI is InChI=1S/C6H10O2.C4H11N/c1-3-4-5(2)6(7)8;1-4-5(2)3/h2-4H2,1H3,(H,7,8);4H2,1-3H3. The van der Waals surface area contributed by atoms with E-state index in [9.17, 15) is 4.79 Å². The average Bonchev–Trinajstić information content (AvgIpc) is 2.06. The minimum atomic E-state index is -0.883. The molecule has 0 fully saturated rings. The topological polar surface area (TPSA) is 40.5 Å². The van der Waals surface area contributed by atoms with Crippen molar-refractivity contribution in [2.45, 2.75) is 26.7 Å². The Morgan fingerprint density at radius 2 is 1.77 bits per heavy atom. The van der Waals surface area contributed by atoms with Gasteiger partial charge in [-0.05, 0) is 27.1 Å². The molecule has 0 bridgehead atoms. The van der Waals surface area contributed by atoms with Crippen molar-refractivity contribution in [3.05, 3.63) is 12.2 Å².